The molecule has 0 spiro atoms. The summed E-state index contributed by atoms with van der Waals surface area (Å²) in [6.07, 6.45) is 3.88. The van der Waals surface area contributed by atoms with E-state index in [0.29, 0.717) is 5.41 Å². The first-order chi connectivity index (χ1) is 8.20. The molecule has 3 heteroatoms. The monoisotopic (exact) mass is 258 g/mol. The fourth-order valence-corrected chi connectivity index (χ4v) is 3.67. The highest BCUT2D eigenvalue weighted by molar-refractivity contribution is 7.99. The first kappa shape index (κ1) is 15.3. The summed E-state index contributed by atoms with van der Waals surface area (Å²) in [6, 6.07) is 0. The number of hydrogen-bond donors (Lipinski definition) is 1. The van der Waals surface area contributed by atoms with Crippen LogP contribution >= 0.6 is 11.8 Å². The van der Waals surface area contributed by atoms with E-state index < -0.39 is 0 Å². The predicted octanol–water partition coefficient (Wildman–Crippen LogP) is 2.84. The first-order valence-corrected chi connectivity index (χ1v) is 8.36. The lowest BCUT2D eigenvalue weighted by atomic mass is 9.84. The summed E-state index contributed by atoms with van der Waals surface area (Å²) in [4.78, 5) is 2.67. The van der Waals surface area contributed by atoms with Crippen LogP contribution in [0.4, 0.5) is 0 Å². The van der Waals surface area contributed by atoms with Crippen molar-refractivity contribution in [1.82, 2.24) is 10.2 Å². The van der Waals surface area contributed by atoms with E-state index in [1.165, 1.54) is 56.9 Å². The maximum absolute atomic E-state index is 3.62. The molecule has 0 aliphatic carbocycles. The van der Waals surface area contributed by atoms with Crippen molar-refractivity contribution in [3.05, 3.63) is 0 Å². The van der Waals surface area contributed by atoms with Gasteiger partial charge in [0.1, 0.15) is 0 Å². The number of rotatable bonds is 8. The van der Waals surface area contributed by atoms with Crippen molar-refractivity contribution in [3.8, 4) is 0 Å². The molecule has 0 aromatic rings. The predicted molar refractivity (Wildman–Crippen MR) is 79.9 cm³/mol. The van der Waals surface area contributed by atoms with Gasteiger partial charge in [-0.05, 0) is 24.8 Å². The molecular formula is C14H30N2S. The van der Waals surface area contributed by atoms with Crippen molar-refractivity contribution in [1.29, 1.82) is 0 Å². The summed E-state index contributed by atoms with van der Waals surface area (Å²) in [6.45, 7) is 13.2. The highest BCUT2D eigenvalue weighted by atomic mass is 32.2. The third-order valence-corrected chi connectivity index (χ3v) is 4.48. The van der Waals surface area contributed by atoms with Gasteiger partial charge in [-0.2, -0.15) is 11.8 Å². The number of hydrogen-bond acceptors (Lipinski definition) is 3. The van der Waals surface area contributed by atoms with Crippen molar-refractivity contribution in [2.24, 2.45) is 5.41 Å². The van der Waals surface area contributed by atoms with E-state index in [1.54, 1.807) is 0 Å². The van der Waals surface area contributed by atoms with Crippen LogP contribution in [0.3, 0.4) is 0 Å². The Kier molecular flexibility index (Phi) is 7.56. The van der Waals surface area contributed by atoms with E-state index in [4.69, 9.17) is 0 Å². The minimum absolute atomic E-state index is 0.464. The second kappa shape index (κ2) is 8.39. The third kappa shape index (κ3) is 6.12. The molecule has 1 N–H and O–H groups in total. The van der Waals surface area contributed by atoms with Crippen LogP contribution in [-0.2, 0) is 0 Å². The highest BCUT2D eigenvalue weighted by Gasteiger charge is 2.26. The molecule has 1 unspecified atom stereocenters. The second-order valence-electron chi connectivity index (χ2n) is 5.63. The smallest absolute Gasteiger partial charge is 0.00729 e. The fraction of sp³-hybridized carbons (Fsp3) is 1.00. The zero-order valence-corrected chi connectivity index (χ0v) is 12.7. The first-order valence-electron chi connectivity index (χ1n) is 7.21. The summed E-state index contributed by atoms with van der Waals surface area (Å²) in [5.41, 5.74) is 0.464. The second-order valence-corrected chi connectivity index (χ2v) is 6.85. The molecule has 1 fully saturated rings. The van der Waals surface area contributed by atoms with Gasteiger partial charge in [0.15, 0.2) is 0 Å². The summed E-state index contributed by atoms with van der Waals surface area (Å²) in [7, 11) is 0. The summed E-state index contributed by atoms with van der Waals surface area (Å²) in [5, 5.41) is 3.62. The standard InChI is InChI=1S/C14H30N2S/c1-4-6-14(3,12-15-7-5-2)13-16-8-10-17-11-9-16/h15H,4-13H2,1-3H3. The van der Waals surface area contributed by atoms with Gasteiger partial charge in [-0.3, -0.25) is 0 Å². The van der Waals surface area contributed by atoms with Crippen LogP contribution in [0.25, 0.3) is 0 Å². The maximum atomic E-state index is 3.62. The largest absolute Gasteiger partial charge is 0.316 e. The Morgan fingerprint density at radius 1 is 1.18 bits per heavy atom. The minimum Gasteiger partial charge on any atom is -0.316 e. The lowest BCUT2D eigenvalue weighted by Gasteiger charge is -2.37. The molecule has 1 aliphatic rings. The van der Waals surface area contributed by atoms with Gasteiger partial charge in [0.2, 0.25) is 0 Å². The summed E-state index contributed by atoms with van der Waals surface area (Å²) in [5.74, 6) is 2.65. The molecular weight excluding hydrogens is 228 g/mol. The van der Waals surface area contributed by atoms with Crippen molar-refractivity contribution < 1.29 is 0 Å². The van der Waals surface area contributed by atoms with Gasteiger partial charge < -0.3 is 10.2 Å². The minimum atomic E-state index is 0.464. The topological polar surface area (TPSA) is 15.3 Å². The quantitative estimate of drug-likeness (QED) is 0.674. The van der Waals surface area contributed by atoms with Crippen molar-refractivity contribution >= 4 is 11.8 Å². The van der Waals surface area contributed by atoms with E-state index in [-0.39, 0.29) is 0 Å². The molecule has 2 nitrogen and oxygen atoms in total. The number of thioether (sulfide) groups is 1. The molecule has 0 saturated carbocycles. The molecule has 0 bridgehead atoms. The van der Waals surface area contributed by atoms with Crippen LogP contribution in [-0.4, -0.2) is 49.1 Å². The van der Waals surface area contributed by atoms with Crippen molar-refractivity contribution in [2.45, 2.75) is 40.0 Å². The summed E-state index contributed by atoms with van der Waals surface area (Å²) < 4.78 is 0. The lowest BCUT2D eigenvalue weighted by molar-refractivity contribution is 0.159. The van der Waals surface area contributed by atoms with E-state index in [2.05, 4.69) is 42.7 Å². The molecule has 1 atom stereocenters. The van der Waals surface area contributed by atoms with E-state index in [1.807, 2.05) is 0 Å². The van der Waals surface area contributed by atoms with E-state index in [9.17, 15) is 0 Å². The van der Waals surface area contributed by atoms with Crippen molar-refractivity contribution in [3.63, 3.8) is 0 Å². The van der Waals surface area contributed by atoms with E-state index >= 15 is 0 Å². The van der Waals surface area contributed by atoms with Gasteiger partial charge in [0, 0.05) is 37.7 Å². The molecule has 1 saturated heterocycles. The highest BCUT2D eigenvalue weighted by Crippen LogP contribution is 2.25. The van der Waals surface area contributed by atoms with Crippen molar-refractivity contribution in [2.75, 3.05) is 44.2 Å². The molecule has 102 valence electrons. The van der Waals surface area contributed by atoms with Crippen LogP contribution in [0.15, 0.2) is 0 Å². The van der Waals surface area contributed by atoms with Crippen LogP contribution in [0.5, 0.6) is 0 Å². The Balaban J connectivity index is 2.38. The molecule has 0 aromatic carbocycles. The molecule has 0 aromatic heterocycles. The molecule has 0 amide bonds. The van der Waals surface area contributed by atoms with Crippen LogP contribution in [0, 0.1) is 5.41 Å². The maximum Gasteiger partial charge on any atom is 0.00729 e. The van der Waals surface area contributed by atoms with Gasteiger partial charge in [0.05, 0.1) is 0 Å². The van der Waals surface area contributed by atoms with Crippen LogP contribution in [0.1, 0.15) is 40.0 Å². The number of nitrogens with zero attached hydrogens (tertiary/aromatic N) is 1. The van der Waals surface area contributed by atoms with Gasteiger partial charge in [0.25, 0.3) is 0 Å². The molecule has 17 heavy (non-hydrogen) atoms. The lowest BCUT2D eigenvalue weighted by Crippen LogP contribution is -2.45. The molecule has 1 aliphatic heterocycles. The molecule has 1 heterocycles. The third-order valence-electron chi connectivity index (χ3n) is 3.54. The Bertz CT molecular complexity index is 193. The van der Waals surface area contributed by atoms with E-state index in [0.717, 1.165) is 6.54 Å². The number of nitrogens with one attached hydrogen (secondary N) is 1. The normalized spacial score (nSPS) is 21.4. The van der Waals surface area contributed by atoms with Gasteiger partial charge in [-0.1, -0.05) is 27.2 Å². The summed E-state index contributed by atoms with van der Waals surface area (Å²) >= 11 is 2.10. The van der Waals surface area contributed by atoms with Crippen LogP contribution < -0.4 is 5.32 Å². The van der Waals surface area contributed by atoms with Crippen LogP contribution in [0.2, 0.25) is 0 Å². The zero-order valence-electron chi connectivity index (χ0n) is 11.9. The Morgan fingerprint density at radius 2 is 1.88 bits per heavy atom. The van der Waals surface area contributed by atoms with Gasteiger partial charge in [-0.25, -0.2) is 0 Å². The average molecular weight is 258 g/mol. The SMILES string of the molecule is CCCNCC(C)(CCC)CN1CCSCC1. The Labute approximate surface area is 112 Å². The zero-order chi connectivity index (χ0) is 12.6. The van der Waals surface area contributed by atoms with Gasteiger partial charge >= 0.3 is 0 Å². The fourth-order valence-electron chi connectivity index (χ4n) is 2.69. The molecule has 0 radical (unpaired) electrons. The Morgan fingerprint density at radius 3 is 2.47 bits per heavy atom. The average Bonchev–Trinajstić information content (AvgIpc) is 2.31. The Hall–Kier alpha value is 0.270. The molecule has 1 rings (SSSR count). The van der Waals surface area contributed by atoms with Gasteiger partial charge in [-0.15, -0.1) is 0 Å².